The minimum atomic E-state index is 0.579. The Labute approximate surface area is 127 Å². The summed E-state index contributed by atoms with van der Waals surface area (Å²) in [7, 11) is 1.66. The monoisotopic (exact) mass is 336 g/mol. The second-order valence-electron chi connectivity index (χ2n) is 4.22. The van der Waals surface area contributed by atoms with Gasteiger partial charge in [-0.25, -0.2) is 0 Å². The molecule has 4 nitrogen and oxygen atoms in total. The van der Waals surface area contributed by atoms with Crippen molar-refractivity contribution in [1.82, 2.24) is 4.98 Å². The van der Waals surface area contributed by atoms with Crippen LogP contribution in [0.2, 0.25) is 0 Å². The van der Waals surface area contributed by atoms with E-state index in [0.717, 1.165) is 28.0 Å². The number of nitrogens with zero attached hydrogens (tertiary/aromatic N) is 1. The number of methoxy groups -OCH3 is 1. The van der Waals surface area contributed by atoms with Crippen molar-refractivity contribution in [2.75, 3.05) is 25.6 Å². The third kappa shape index (κ3) is 4.83. The van der Waals surface area contributed by atoms with Crippen LogP contribution in [0.15, 0.2) is 47.2 Å². The van der Waals surface area contributed by atoms with Gasteiger partial charge in [-0.05, 0) is 39.7 Å². The van der Waals surface area contributed by atoms with Gasteiger partial charge in [0.25, 0.3) is 0 Å². The quantitative estimate of drug-likeness (QED) is 0.786. The fraction of sp³-hybridized carbons (Fsp3) is 0.267. The van der Waals surface area contributed by atoms with E-state index < -0.39 is 0 Å². The lowest BCUT2D eigenvalue weighted by Crippen LogP contribution is -2.09. The molecule has 1 heterocycles. The molecule has 0 aliphatic heterocycles. The van der Waals surface area contributed by atoms with E-state index in [1.807, 2.05) is 30.3 Å². The number of aromatic nitrogens is 1. The van der Waals surface area contributed by atoms with E-state index in [1.54, 1.807) is 19.5 Å². The largest absolute Gasteiger partial charge is 0.497 e. The fourth-order valence-corrected chi connectivity index (χ4v) is 2.09. The van der Waals surface area contributed by atoms with Crippen molar-refractivity contribution in [2.24, 2.45) is 0 Å². The lowest BCUT2D eigenvalue weighted by Gasteiger charge is -2.08. The Hall–Kier alpha value is -1.59. The highest BCUT2D eigenvalue weighted by Gasteiger charge is 1.97. The molecule has 5 heteroatoms. The van der Waals surface area contributed by atoms with Gasteiger partial charge in [-0.2, -0.15) is 0 Å². The molecule has 0 aliphatic carbocycles. The van der Waals surface area contributed by atoms with E-state index in [1.165, 1.54) is 0 Å². The van der Waals surface area contributed by atoms with E-state index >= 15 is 0 Å². The molecule has 2 aromatic rings. The van der Waals surface area contributed by atoms with Gasteiger partial charge in [0.05, 0.1) is 32.2 Å². The maximum atomic E-state index is 5.62. The first-order chi connectivity index (χ1) is 9.78. The van der Waals surface area contributed by atoms with Crippen molar-refractivity contribution in [3.63, 3.8) is 0 Å². The van der Waals surface area contributed by atoms with Crippen molar-refractivity contribution in [1.29, 1.82) is 0 Å². The van der Waals surface area contributed by atoms with Crippen molar-refractivity contribution in [3.8, 4) is 5.75 Å². The molecule has 0 atom stereocenters. The van der Waals surface area contributed by atoms with Crippen LogP contribution in [0.3, 0.4) is 0 Å². The molecular formula is C15H17BrN2O2. The van der Waals surface area contributed by atoms with E-state index in [0.29, 0.717) is 13.2 Å². The Morgan fingerprint density at radius 2 is 2.15 bits per heavy atom. The molecule has 0 saturated carbocycles. The normalized spacial score (nSPS) is 10.3. The van der Waals surface area contributed by atoms with Crippen molar-refractivity contribution in [2.45, 2.75) is 6.61 Å². The molecule has 0 aliphatic rings. The number of hydrogen-bond acceptors (Lipinski definition) is 4. The molecule has 0 radical (unpaired) electrons. The van der Waals surface area contributed by atoms with Crippen molar-refractivity contribution >= 4 is 21.6 Å². The number of benzene rings is 1. The molecule has 2 rings (SSSR count). The topological polar surface area (TPSA) is 43.4 Å². The van der Waals surface area contributed by atoms with Crippen LogP contribution in [0.1, 0.15) is 5.56 Å². The van der Waals surface area contributed by atoms with Crippen molar-refractivity contribution in [3.05, 3.63) is 52.8 Å². The Morgan fingerprint density at radius 3 is 2.95 bits per heavy atom. The summed E-state index contributed by atoms with van der Waals surface area (Å²) in [6.45, 7) is 1.95. The highest BCUT2D eigenvalue weighted by atomic mass is 79.9. The number of nitrogens with one attached hydrogen (secondary N) is 1. The zero-order valence-electron chi connectivity index (χ0n) is 11.3. The molecule has 0 bridgehead atoms. The smallest absolute Gasteiger partial charge is 0.119 e. The maximum Gasteiger partial charge on any atom is 0.119 e. The molecule has 1 aromatic carbocycles. The highest BCUT2D eigenvalue weighted by molar-refractivity contribution is 9.10. The zero-order chi connectivity index (χ0) is 14.2. The van der Waals surface area contributed by atoms with E-state index in [2.05, 4.69) is 26.2 Å². The van der Waals surface area contributed by atoms with Crippen LogP contribution in [-0.4, -0.2) is 25.2 Å². The summed E-state index contributed by atoms with van der Waals surface area (Å²) in [6.07, 6.45) is 3.54. The minimum absolute atomic E-state index is 0.579. The Morgan fingerprint density at radius 1 is 1.25 bits per heavy atom. The summed E-state index contributed by atoms with van der Waals surface area (Å²) in [6, 6.07) is 9.86. The Kier molecular flexibility index (Phi) is 5.83. The number of anilines is 1. The number of ether oxygens (including phenoxy) is 2. The van der Waals surface area contributed by atoms with Crippen LogP contribution in [0.5, 0.6) is 5.75 Å². The Balaban J connectivity index is 1.68. The predicted octanol–water partition coefficient (Wildman–Crippen LogP) is 3.48. The average molecular weight is 337 g/mol. The van der Waals surface area contributed by atoms with Crippen LogP contribution >= 0.6 is 15.9 Å². The SMILES string of the molecule is COc1cccc(COCCNc2cncc(Br)c2)c1. The highest BCUT2D eigenvalue weighted by Crippen LogP contribution is 2.14. The molecule has 1 aromatic heterocycles. The average Bonchev–Trinajstić information content (AvgIpc) is 2.47. The number of rotatable bonds is 7. The van der Waals surface area contributed by atoms with E-state index in [9.17, 15) is 0 Å². The third-order valence-corrected chi connectivity index (χ3v) is 3.12. The van der Waals surface area contributed by atoms with Crippen LogP contribution in [0, 0.1) is 0 Å². The zero-order valence-corrected chi connectivity index (χ0v) is 12.9. The first-order valence-electron chi connectivity index (χ1n) is 6.33. The van der Waals surface area contributed by atoms with Crippen LogP contribution < -0.4 is 10.1 Å². The summed E-state index contributed by atoms with van der Waals surface area (Å²) in [5.41, 5.74) is 2.08. The first kappa shape index (κ1) is 14.8. The summed E-state index contributed by atoms with van der Waals surface area (Å²) in [5.74, 6) is 0.851. The van der Waals surface area contributed by atoms with Gasteiger partial charge in [-0.15, -0.1) is 0 Å². The second-order valence-corrected chi connectivity index (χ2v) is 5.14. The number of pyridine rings is 1. The standard InChI is InChI=1S/C15H17BrN2O2/c1-19-15-4-2-3-12(7-15)11-20-6-5-18-14-8-13(16)9-17-10-14/h2-4,7-10,18H,5-6,11H2,1H3. The van der Waals surface area contributed by atoms with Gasteiger partial charge in [-0.1, -0.05) is 12.1 Å². The molecule has 20 heavy (non-hydrogen) atoms. The lowest BCUT2D eigenvalue weighted by molar-refractivity contribution is 0.130. The summed E-state index contributed by atoms with van der Waals surface area (Å²) < 4.78 is 11.8. The van der Waals surface area contributed by atoms with Gasteiger partial charge >= 0.3 is 0 Å². The van der Waals surface area contributed by atoms with Gasteiger partial charge in [0.15, 0.2) is 0 Å². The maximum absolute atomic E-state index is 5.62. The van der Waals surface area contributed by atoms with Crippen LogP contribution in [0.25, 0.3) is 0 Å². The summed E-state index contributed by atoms with van der Waals surface area (Å²) in [5, 5.41) is 3.25. The summed E-state index contributed by atoms with van der Waals surface area (Å²) in [4.78, 5) is 4.09. The lowest BCUT2D eigenvalue weighted by atomic mass is 10.2. The molecule has 106 valence electrons. The van der Waals surface area contributed by atoms with Gasteiger partial charge in [0.2, 0.25) is 0 Å². The van der Waals surface area contributed by atoms with Gasteiger partial charge < -0.3 is 14.8 Å². The second kappa shape index (κ2) is 7.87. The number of halogens is 1. The Bertz CT molecular complexity index is 549. The fourth-order valence-electron chi connectivity index (χ4n) is 1.73. The van der Waals surface area contributed by atoms with E-state index in [-0.39, 0.29) is 0 Å². The van der Waals surface area contributed by atoms with E-state index in [4.69, 9.17) is 9.47 Å². The van der Waals surface area contributed by atoms with Gasteiger partial charge in [-0.3, -0.25) is 4.98 Å². The molecule has 1 N–H and O–H groups in total. The molecule has 0 fully saturated rings. The molecule has 0 saturated heterocycles. The first-order valence-corrected chi connectivity index (χ1v) is 7.12. The molecule has 0 unspecified atom stereocenters. The van der Waals surface area contributed by atoms with Gasteiger partial charge in [0, 0.05) is 17.2 Å². The predicted molar refractivity (Wildman–Crippen MR) is 83.1 cm³/mol. The van der Waals surface area contributed by atoms with Gasteiger partial charge in [0.1, 0.15) is 5.75 Å². The third-order valence-electron chi connectivity index (χ3n) is 2.68. The van der Waals surface area contributed by atoms with Crippen LogP contribution in [0.4, 0.5) is 5.69 Å². The van der Waals surface area contributed by atoms with Crippen molar-refractivity contribution < 1.29 is 9.47 Å². The molecule has 0 amide bonds. The number of hydrogen-bond donors (Lipinski definition) is 1. The minimum Gasteiger partial charge on any atom is -0.497 e. The summed E-state index contributed by atoms with van der Waals surface area (Å²) >= 11 is 3.38. The van der Waals surface area contributed by atoms with Crippen LogP contribution in [-0.2, 0) is 11.3 Å². The molecule has 0 spiro atoms. The molecular weight excluding hydrogens is 320 g/mol.